The number of ether oxygens (including phenoxy) is 2. The lowest BCUT2D eigenvalue weighted by molar-refractivity contribution is 0.0112. The summed E-state index contributed by atoms with van der Waals surface area (Å²) in [5, 5.41) is 37.2. The van der Waals surface area contributed by atoms with Gasteiger partial charge in [-0.15, -0.1) is 0 Å². The number of aromatic nitrogens is 2. The first-order valence-electron chi connectivity index (χ1n) is 13.1. The van der Waals surface area contributed by atoms with E-state index in [0.717, 1.165) is 0 Å². The zero-order chi connectivity index (χ0) is 27.8. The van der Waals surface area contributed by atoms with Crippen molar-refractivity contribution in [3.8, 4) is 17.3 Å². The molecule has 4 rings (SSSR count). The third-order valence-corrected chi connectivity index (χ3v) is 7.79. The van der Waals surface area contributed by atoms with Crippen LogP contribution in [0.5, 0.6) is 0 Å². The fourth-order valence-electron chi connectivity index (χ4n) is 5.17. The second kappa shape index (κ2) is 13.3. The molecule has 1 aliphatic carbocycles. The molecule has 1 saturated carbocycles. The van der Waals surface area contributed by atoms with Gasteiger partial charge in [0, 0.05) is 51.2 Å². The van der Waals surface area contributed by atoms with Crippen molar-refractivity contribution < 1.29 is 24.5 Å². The Morgan fingerprint density at radius 1 is 1.33 bits per heavy atom. The molecule has 12 heteroatoms. The zero-order valence-electron chi connectivity index (χ0n) is 22.0. The smallest absolute Gasteiger partial charge is 0.407 e. The number of hydrogen-bond donors (Lipinski definition) is 4. The lowest BCUT2D eigenvalue weighted by Crippen LogP contribution is -2.52. The maximum absolute atomic E-state index is 11.7. The van der Waals surface area contributed by atoms with Gasteiger partial charge < -0.3 is 35.2 Å². The minimum atomic E-state index is -1.06. The third kappa shape index (κ3) is 7.28. The van der Waals surface area contributed by atoms with Gasteiger partial charge in [0.25, 0.3) is 0 Å². The third-order valence-electron chi connectivity index (χ3n) is 7.49. The highest BCUT2D eigenvalue weighted by molar-refractivity contribution is 6.33. The normalized spacial score (nSPS) is 22.5. The van der Waals surface area contributed by atoms with Gasteiger partial charge in [0.05, 0.1) is 41.0 Å². The van der Waals surface area contributed by atoms with Crippen LogP contribution in [0.2, 0.25) is 5.02 Å². The predicted molar refractivity (Wildman–Crippen MR) is 147 cm³/mol. The molecule has 3 heterocycles. The molecule has 1 aliphatic heterocycles. The first kappa shape index (κ1) is 28.8. The zero-order valence-corrected chi connectivity index (χ0v) is 22.7. The van der Waals surface area contributed by atoms with Gasteiger partial charge in [-0.3, -0.25) is 0 Å². The van der Waals surface area contributed by atoms with Crippen LogP contribution in [0.1, 0.15) is 32.1 Å². The monoisotopic (exact) mass is 558 g/mol. The molecular formula is C27H35ClN6O5. The highest BCUT2D eigenvalue weighted by Gasteiger charge is 2.36. The van der Waals surface area contributed by atoms with E-state index in [9.17, 15) is 20.3 Å². The number of rotatable bonds is 10. The van der Waals surface area contributed by atoms with Crippen molar-refractivity contribution in [1.82, 2.24) is 14.9 Å². The average Bonchev–Trinajstić information content (AvgIpc) is 2.94. The average molecular weight is 559 g/mol. The summed E-state index contributed by atoms with van der Waals surface area (Å²) in [4.78, 5) is 22.1. The van der Waals surface area contributed by atoms with Crippen molar-refractivity contribution in [3.63, 3.8) is 0 Å². The molecule has 0 unspecified atom stereocenters. The van der Waals surface area contributed by atoms with Crippen molar-refractivity contribution in [2.24, 2.45) is 5.41 Å². The van der Waals surface area contributed by atoms with Crippen LogP contribution in [0, 0.1) is 16.7 Å². The topological polar surface area (TPSA) is 153 Å². The van der Waals surface area contributed by atoms with E-state index in [-0.39, 0.29) is 19.2 Å². The molecule has 4 N–H and O–H groups in total. The molecule has 2 fully saturated rings. The number of amides is 1. The van der Waals surface area contributed by atoms with E-state index < -0.39 is 23.7 Å². The van der Waals surface area contributed by atoms with Gasteiger partial charge in [0.2, 0.25) is 0 Å². The quantitative estimate of drug-likeness (QED) is 0.338. The van der Waals surface area contributed by atoms with E-state index in [2.05, 4.69) is 21.7 Å². The molecule has 1 saturated heterocycles. The number of carbonyl (C=O) groups is 1. The Labute approximate surface area is 233 Å². The number of methoxy groups -OCH3 is 1. The van der Waals surface area contributed by atoms with Gasteiger partial charge in [-0.2, -0.15) is 5.26 Å². The van der Waals surface area contributed by atoms with E-state index in [0.29, 0.717) is 79.8 Å². The number of anilines is 2. The van der Waals surface area contributed by atoms with Crippen LogP contribution >= 0.6 is 11.6 Å². The van der Waals surface area contributed by atoms with Crippen molar-refractivity contribution in [2.75, 3.05) is 50.7 Å². The van der Waals surface area contributed by atoms with Crippen molar-refractivity contribution in [3.05, 3.63) is 35.5 Å². The number of carboxylic acid groups (broad SMARTS) is 1. The Bertz CT molecular complexity index is 1170. The van der Waals surface area contributed by atoms with Gasteiger partial charge in [-0.25, -0.2) is 14.8 Å². The maximum Gasteiger partial charge on any atom is 0.407 e. The summed E-state index contributed by atoms with van der Waals surface area (Å²) in [6, 6.07) is 9.31. The summed E-state index contributed by atoms with van der Waals surface area (Å²) < 4.78 is 10.4. The Hall–Kier alpha value is -3.17. The fourth-order valence-corrected chi connectivity index (χ4v) is 5.37. The van der Waals surface area contributed by atoms with Crippen LogP contribution in [-0.2, 0) is 9.47 Å². The second-order valence-electron chi connectivity index (χ2n) is 10.1. The standard InChI is InChI=1S/C27H35ClN6O5/c1-38-12-9-34(26(36)37)22-6-5-18(13-23(22)35)32-25-14-19(20(28)15-30-25)21-3-2-4-24(33-21)31-17-27(16-29)7-10-39-11-8-27/h2-4,14-15,18,22-23,35H,5-13,17H2,1H3,(H,30,32)(H,31,33)(H,36,37)/t18-,22-,23-/m1/s1. The van der Waals surface area contributed by atoms with Crippen LogP contribution in [0.3, 0.4) is 0 Å². The van der Waals surface area contributed by atoms with Crippen LogP contribution in [0.4, 0.5) is 16.4 Å². The maximum atomic E-state index is 11.7. The number of nitrogens with one attached hydrogen (secondary N) is 2. The molecule has 0 spiro atoms. The second-order valence-corrected chi connectivity index (χ2v) is 10.5. The number of nitriles is 1. The first-order chi connectivity index (χ1) is 18.8. The van der Waals surface area contributed by atoms with Gasteiger partial charge in [0.15, 0.2) is 0 Å². The Kier molecular flexibility index (Phi) is 9.80. The molecule has 2 aliphatic rings. The van der Waals surface area contributed by atoms with Gasteiger partial charge >= 0.3 is 6.09 Å². The van der Waals surface area contributed by atoms with E-state index in [1.54, 1.807) is 6.20 Å². The minimum absolute atomic E-state index is 0.0848. The Morgan fingerprint density at radius 3 is 2.82 bits per heavy atom. The van der Waals surface area contributed by atoms with Gasteiger partial charge in [0.1, 0.15) is 11.6 Å². The predicted octanol–water partition coefficient (Wildman–Crippen LogP) is 3.85. The van der Waals surface area contributed by atoms with Crippen LogP contribution in [-0.4, -0.2) is 89.4 Å². The van der Waals surface area contributed by atoms with Crippen molar-refractivity contribution >= 4 is 29.3 Å². The molecule has 1 amide bonds. The molecule has 0 radical (unpaired) electrons. The van der Waals surface area contributed by atoms with E-state index in [4.69, 9.17) is 26.1 Å². The summed E-state index contributed by atoms with van der Waals surface area (Å²) in [6.07, 6.45) is 2.61. The lowest BCUT2D eigenvalue weighted by Gasteiger charge is -2.39. The molecule has 0 aromatic carbocycles. The summed E-state index contributed by atoms with van der Waals surface area (Å²) in [6.45, 7) is 2.12. The van der Waals surface area contributed by atoms with Crippen LogP contribution in [0.15, 0.2) is 30.5 Å². The molecule has 39 heavy (non-hydrogen) atoms. The highest BCUT2D eigenvalue weighted by atomic mass is 35.5. The van der Waals surface area contributed by atoms with Gasteiger partial charge in [-0.05, 0) is 50.3 Å². The summed E-state index contributed by atoms with van der Waals surface area (Å²) in [5.74, 6) is 1.24. The largest absolute Gasteiger partial charge is 0.465 e. The number of halogens is 1. The Balaban J connectivity index is 1.41. The lowest BCUT2D eigenvalue weighted by atomic mass is 9.82. The number of pyridine rings is 2. The molecule has 210 valence electrons. The number of aliphatic hydroxyl groups excluding tert-OH is 1. The highest BCUT2D eigenvalue weighted by Crippen LogP contribution is 2.32. The molecule has 2 aromatic rings. The number of hydrogen-bond acceptors (Lipinski definition) is 9. The van der Waals surface area contributed by atoms with Crippen LogP contribution < -0.4 is 10.6 Å². The molecular weight excluding hydrogens is 524 g/mol. The van der Waals surface area contributed by atoms with E-state index in [1.807, 2.05) is 24.3 Å². The van der Waals surface area contributed by atoms with E-state index in [1.165, 1.54) is 12.0 Å². The minimum Gasteiger partial charge on any atom is -0.465 e. The first-order valence-corrected chi connectivity index (χ1v) is 13.5. The summed E-state index contributed by atoms with van der Waals surface area (Å²) >= 11 is 6.50. The van der Waals surface area contributed by atoms with Crippen molar-refractivity contribution in [2.45, 2.75) is 50.3 Å². The Morgan fingerprint density at radius 2 is 2.13 bits per heavy atom. The fraction of sp³-hybridized carbons (Fsp3) is 0.556. The van der Waals surface area contributed by atoms with Crippen molar-refractivity contribution in [1.29, 1.82) is 5.26 Å². The number of aliphatic hydroxyl groups is 1. The van der Waals surface area contributed by atoms with Gasteiger partial charge in [-0.1, -0.05) is 17.7 Å². The van der Waals surface area contributed by atoms with E-state index >= 15 is 0 Å². The molecule has 11 nitrogen and oxygen atoms in total. The molecule has 2 aromatic heterocycles. The number of nitrogens with zero attached hydrogens (tertiary/aromatic N) is 4. The SMILES string of the molecule is COCCN(C(=O)O)[C@@H]1CC[C@@H](Nc2cc(-c3cccc(NCC4(C#N)CCOCC4)n3)c(Cl)cn2)C[C@H]1O. The summed E-state index contributed by atoms with van der Waals surface area (Å²) in [5.41, 5.74) is 0.882. The summed E-state index contributed by atoms with van der Waals surface area (Å²) in [7, 11) is 1.52. The molecule has 3 atom stereocenters. The molecule has 0 bridgehead atoms. The van der Waals surface area contributed by atoms with Crippen LogP contribution in [0.25, 0.3) is 11.3 Å².